The van der Waals surface area contributed by atoms with Crippen LogP contribution in [0, 0.1) is 0 Å². The van der Waals surface area contributed by atoms with Gasteiger partial charge < -0.3 is 20.9 Å². The molecule has 1 rings (SSSR count). The van der Waals surface area contributed by atoms with Gasteiger partial charge >= 0.3 is 0 Å². The highest BCUT2D eigenvalue weighted by Gasteiger charge is 2.32. The molecule has 1 aliphatic heterocycles. The first kappa shape index (κ1) is 12.8. The summed E-state index contributed by atoms with van der Waals surface area (Å²) in [6.07, 6.45) is 0.948. The zero-order valence-electron chi connectivity index (χ0n) is 8.68. The van der Waals surface area contributed by atoms with Crippen LogP contribution in [0.2, 0.25) is 0 Å². The van der Waals surface area contributed by atoms with E-state index in [9.17, 15) is 0 Å². The zero-order chi connectivity index (χ0) is 10.2. The largest absolute Gasteiger partial charge is 0.395 e. The van der Waals surface area contributed by atoms with Gasteiger partial charge in [-0.05, 0) is 6.42 Å². The Morgan fingerprint density at radius 2 is 2.23 bits per heavy atom. The number of ether oxygens (including phenoxy) is 1. The molecule has 0 aliphatic carbocycles. The normalized spacial score (nSPS) is 26.8. The van der Waals surface area contributed by atoms with Crippen molar-refractivity contribution in [3.8, 4) is 0 Å². The molecule has 0 amide bonds. The van der Waals surface area contributed by atoms with Gasteiger partial charge in [-0.2, -0.15) is 0 Å². The van der Waals surface area contributed by atoms with E-state index >= 15 is 0 Å². The van der Waals surface area contributed by atoms with Gasteiger partial charge in [0.05, 0.1) is 18.8 Å². The minimum Gasteiger partial charge on any atom is -0.395 e. The maximum absolute atomic E-state index is 8.59. The lowest BCUT2D eigenvalue weighted by Gasteiger charge is -2.26. The summed E-state index contributed by atoms with van der Waals surface area (Å²) in [5.74, 6) is 0. The first-order valence-corrected chi connectivity index (χ1v) is 4.97. The van der Waals surface area contributed by atoms with E-state index in [4.69, 9.17) is 15.6 Å². The molecule has 4 nitrogen and oxygen atoms in total. The van der Waals surface area contributed by atoms with Crippen molar-refractivity contribution < 1.29 is 9.84 Å². The Labute approximate surface area is 80.5 Å². The molecule has 1 fully saturated rings. The van der Waals surface area contributed by atoms with Crippen molar-refractivity contribution in [1.82, 2.24) is 5.32 Å². The van der Waals surface area contributed by atoms with E-state index in [0.717, 1.165) is 13.0 Å². The second kappa shape index (κ2) is 7.26. The van der Waals surface area contributed by atoms with Crippen molar-refractivity contribution in [2.45, 2.75) is 25.8 Å². The summed E-state index contributed by atoms with van der Waals surface area (Å²) in [5.41, 5.74) is 5.52. The molecule has 1 heterocycles. The molecule has 0 bridgehead atoms. The van der Waals surface area contributed by atoms with Crippen LogP contribution in [0.25, 0.3) is 0 Å². The van der Waals surface area contributed by atoms with Crippen molar-refractivity contribution >= 4 is 0 Å². The molecule has 1 aliphatic rings. The topological polar surface area (TPSA) is 67.5 Å². The van der Waals surface area contributed by atoms with Crippen molar-refractivity contribution in [3.05, 3.63) is 0 Å². The standard InChI is InChI=1S/C7H16N2O2.C2H6/c8-5-7(9-2-3-10)1-4-11-6-7;1-2/h9-10H,1-6,8H2;1-2H3. The average molecular weight is 190 g/mol. The number of β-amino-alcohol motifs (C(OH)–C–C–N with tert-alkyl or cyclic N) is 1. The quantitative estimate of drug-likeness (QED) is 0.570. The summed E-state index contributed by atoms with van der Waals surface area (Å²) < 4.78 is 5.22. The van der Waals surface area contributed by atoms with Crippen LogP contribution < -0.4 is 11.1 Å². The van der Waals surface area contributed by atoms with E-state index in [1.165, 1.54) is 0 Å². The molecule has 80 valence electrons. The van der Waals surface area contributed by atoms with Crippen molar-refractivity contribution in [3.63, 3.8) is 0 Å². The SMILES string of the molecule is CC.NCC1(NCCO)CCOC1. The van der Waals surface area contributed by atoms with Crippen LogP contribution >= 0.6 is 0 Å². The van der Waals surface area contributed by atoms with Gasteiger partial charge in [0.15, 0.2) is 0 Å². The minimum atomic E-state index is -0.0667. The van der Waals surface area contributed by atoms with Gasteiger partial charge in [0.25, 0.3) is 0 Å². The molecule has 4 heteroatoms. The number of nitrogens with one attached hydrogen (secondary N) is 1. The Morgan fingerprint density at radius 1 is 1.54 bits per heavy atom. The molecule has 4 N–H and O–H groups in total. The Morgan fingerprint density at radius 3 is 2.62 bits per heavy atom. The average Bonchev–Trinajstić information content (AvgIpc) is 2.67. The van der Waals surface area contributed by atoms with Crippen LogP contribution in [0.4, 0.5) is 0 Å². The maximum atomic E-state index is 8.59. The van der Waals surface area contributed by atoms with Gasteiger partial charge in [0, 0.05) is 19.7 Å². The predicted molar refractivity (Wildman–Crippen MR) is 53.7 cm³/mol. The first-order chi connectivity index (χ1) is 6.33. The summed E-state index contributed by atoms with van der Waals surface area (Å²) >= 11 is 0. The Hall–Kier alpha value is -0.160. The van der Waals surface area contributed by atoms with Crippen LogP contribution in [-0.4, -0.2) is 43.6 Å². The van der Waals surface area contributed by atoms with Crippen LogP contribution in [0.15, 0.2) is 0 Å². The highest BCUT2D eigenvalue weighted by Crippen LogP contribution is 2.16. The summed E-state index contributed by atoms with van der Waals surface area (Å²) in [7, 11) is 0. The lowest BCUT2D eigenvalue weighted by molar-refractivity contribution is 0.164. The third-order valence-corrected chi connectivity index (χ3v) is 2.11. The number of aliphatic hydroxyl groups excluding tert-OH is 1. The fraction of sp³-hybridized carbons (Fsp3) is 1.00. The summed E-state index contributed by atoms with van der Waals surface area (Å²) in [6, 6.07) is 0. The van der Waals surface area contributed by atoms with Crippen molar-refractivity contribution in [2.75, 3.05) is 32.9 Å². The molecule has 0 aromatic carbocycles. The van der Waals surface area contributed by atoms with Gasteiger partial charge in [-0.15, -0.1) is 0 Å². The monoisotopic (exact) mass is 190 g/mol. The van der Waals surface area contributed by atoms with E-state index < -0.39 is 0 Å². The molecular formula is C9H22N2O2. The van der Waals surface area contributed by atoms with Crippen LogP contribution in [0.5, 0.6) is 0 Å². The molecule has 1 atom stereocenters. The molecule has 1 saturated heterocycles. The number of nitrogens with two attached hydrogens (primary N) is 1. The zero-order valence-corrected chi connectivity index (χ0v) is 8.68. The van der Waals surface area contributed by atoms with E-state index in [0.29, 0.717) is 19.7 Å². The van der Waals surface area contributed by atoms with Crippen LogP contribution in [0.3, 0.4) is 0 Å². The lowest BCUT2D eigenvalue weighted by atomic mass is 9.99. The maximum Gasteiger partial charge on any atom is 0.0661 e. The Kier molecular flexibility index (Phi) is 7.17. The fourth-order valence-corrected chi connectivity index (χ4v) is 1.30. The van der Waals surface area contributed by atoms with Gasteiger partial charge in [0.1, 0.15) is 0 Å². The molecule has 0 spiro atoms. The fourth-order valence-electron chi connectivity index (χ4n) is 1.30. The Bertz CT molecular complexity index is 114. The number of hydrogen-bond acceptors (Lipinski definition) is 4. The van der Waals surface area contributed by atoms with E-state index in [2.05, 4.69) is 5.32 Å². The van der Waals surface area contributed by atoms with Crippen LogP contribution in [0.1, 0.15) is 20.3 Å². The lowest BCUT2D eigenvalue weighted by Crippen LogP contribution is -2.52. The molecule has 0 saturated carbocycles. The molecule has 1 unspecified atom stereocenters. The molecular weight excluding hydrogens is 168 g/mol. The smallest absolute Gasteiger partial charge is 0.0661 e. The predicted octanol–water partition coefficient (Wildman–Crippen LogP) is -0.288. The summed E-state index contributed by atoms with van der Waals surface area (Å²) in [6.45, 7) is 6.77. The number of hydrogen-bond donors (Lipinski definition) is 3. The van der Waals surface area contributed by atoms with Gasteiger partial charge in [-0.1, -0.05) is 13.8 Å². The van der Waals surface area contributed by atoms with Gasteiger partial charge in [0.2, 0.25) is 0 Å². The summed E-state index contributed by atoms with van der Waals surface area (Å²) in [5, 5.41) is 11.8. The number of aliphatic hydroxyl groups is 1. The first-order valence-electron chi connectivity index (χ1n) is 4.97. The molecule has 0 aromatic rings. The third-order valence-electron chi connectivity index (χ3n) is 2.11. The van der Waals surface area contributed by atoms with Crippen LogP contribution in [-0.2, 0) is 4.74 Å². The van der Waals surface area contributed by atoms with E-state index in [1.54, 1.807) is 0 Å². The van der Waals surface area contributed by atoms with Gasteiger partial charge in [-0.3, -0.25) is 0 Å². The van der Waals surface area contributed by atoms with E-state index in [1.807, 2.05) is 13.8 Å². The molecule has 0 aromatic heterocycles. The minimum absolute atomic E-state index is 0.0667. The Balaban J connectivity index is 0.000000671. The third kappa shape index (κ3) is 4.04. The number of rotatable bonds is 4. The molecule has 13 heavy (non-hydrogen) atoms. The van der Waals surface area contributed by atoms with Gasteiger partial charge in [-0.25, -0.2) is 0 Å². The summed E-state index contributed by atoms with van der Waals surface area (Å²) in [4.78, 5) is 0. The highest BCUT2D eigenvalue weighted by molar-refractivity contribution is 4.92. The second-order valence-electron chi connectivity index (χ2n) is 2.94. The highest BCUT2D eigenvalue weighted by atomic mass is 16.5. The molecule has 0 radical (unpaired) electrons. The van der Waals surface area contributed by atoms with Crippen molar-refractivity contribution in [2.24, 2.45) is 5.73 Å². The second-order valence-corrected chi connectivity index (χ2v) is 2.94. The van der Waals surface area contributed by atoms with E-state index in [-0.39, 0.29) is 12.1 Å². The van der Waals surface area contributed by atoms with Crippen molar-refractivity contribution in [1.29, 1.82) is 0 Å².